The van der Waals surface area contributed by atoms with Crippen molar-refractivity contribution in [3.8, 4) is 10.4 Å². The summed E-state index contributed by atoms with van der Waals surface area (Å²) in [4.78, 5) is 23.1. The second-order valence-corrected chi connectivity index (χ2v) is 7.14. The van der Waals surface area contributed by atoms with Gasteiger partial charge in [0.05, 0.1) is 12.7 Å². The Labute approximate surface area is 159 Å². The number of imidazole rings is 1. The Morgan fingerprint density at radius 1 is 1.37 bits per heavy atom. The quantitative estimate of drug-likeness (QED) is 0.516. The topological polar surface area (TPSA) is 94.5 Å². The van der Waals surface area contributed by atoms with E-state index in [-0.39, 0.29) is 5.97 Å². The number of ether oxygens (including phenoxy) is 1. The van der Waals surface area contributed by atoms with Crippen molar-refractivity contribution >= 4 is 39.1 Å². The summed E-state index contributed by atoms with van der Waals surface area (Å²) in [6, 6.07) is 9.44. The highest BCUT2D eigenvalue weighted by Gasteiger charge is 2.16. The molecule has 0 bridgehead atoms. The third-order valence-corrected chi connectivity index (χ3v) is 5.44. The predicted octanol–water partition coefficient (Wildman–Crippen LogP) is 3.08. The third kappa shape index (κ3) is 3.02. The van der Waals surface area contributed by atoms with Gasteiger partial charge >= 0.3 is 5.97 Å². The molecule has 3 aromatic heterocycles. The molecule has 3 N–H and O–H groups in total. The lowest BCUT2D eigenvalue weighted by molar-refractivity contribution is 0.0601. The molecule has 27 heavy (non-hydrogen) atoms. The van der Waals surface area contributed by atoms with E-state index in [1.54, 1.807) is 17.4 Å². The van der Waals surface area contributed by atoms with Gasteiger partial charge in [0, 0.05) is 29.9 Å². The fourth-order valence-corrected chi connectivity index (χ4v) is 4.17. The van der Waals surface area contributed by atoms with Gasteiger partial charge in [-0.3, -0.25) is 4.40 Å². The summed E-state index contributed by atoms with van der Waals surface area (Å²) in [6.07, 6.45) is 1.83. The highest BCUT2D eigenvalue weighted by Crippen LogP contribution is 2.35. The number of aromatic nitrogens is 3. The lowest BCUT2D eigenvalue weighted by atomic mass is 10.1. The number of nitrogens with zero attached hydrogens (tertiary/aromatic N) is 3. The number of fused-ring (bicyclic) bond motifs is 3. The Morgan fingerprint density at radius 2 is 2.22 bits per heavy atom. The van der Waals surface area contributed by atoms with Crippen LogP contribution in [0.3, 0.4) is 0 Å². The van der Waals surface area contributed by atoms with Crippen LogP contribution in [0.2, 0.25) is 0 Å². The first-order valence-electron chi connectivity index (χ1n) is 8.52. The van der Waals surface area contributed by atoms with Gasteiger partial charge in [0.2, 0.25) is 0 Å². The zero-order valence-electron chi connectivity index (χ0n) is 15.0. The highest BCUT2D eigenvalue weighted by molar-refractivity contribution is 7.21. The molecule has 4 rings (SSSR count). The Morgan fingerprint density at radius 3 is 3.00 bits per heavy atom. The van der Waals surface area contributed by atoms with Crippen LogP contribution in [-0.4, -0.2) is 40.5 Å². The van der Waals surface area contributed by atoms with Gasteiger partial charge in [0.1, 0.15) is 10.3 Å². The number of benzene rings is 1. The fraction of sp³-hybridized carbons (Fsp3) is 0.211. The largest absolute Gasteiger partial charge is 0.465 e. The molecule has 0 amide bonds. The van der Waals surface area contributed by atoms with E-state index in [0.29, 0.717) is 24.5 Å². The molecule has 0 spiro atoms. The van der Waals surface area contributed by atoms with E-state index in [4.69, 9.17) is 15.5 Å². The minimum absolute atomic E-state index is 0.350. The number of carbonyl (C=O) groups is 1. The van der Waals surface area contributed by atoms with Crippen molar-refractivity contribution in [2.75, 3.05) is 25.5 Å². The maximum Gasteiger partial charge on any atom is 0.337 e. The van der Waals surface area contributed by atoms with Gasteiger partial charge in [-0.15, -0.1) is 11.3 Å². The molecule has 0 atom stereocenters. The lowest BCUT2D eigenvalue weighted by Crippen LogP contribution is -2.14. The van der Waals surface area contributed by atoms with E-state index in [1.807, 2.05) is 37.4 Å². The molecule has 0 radical (unpaired) electrons. The van der Waals surface area contributed by atoms with Crippen molar-refractivity contribution in [1.29, 1.82) is 0 Å². The molecule has 0 saturated carbocycles. The number of hydrogen-bond acceptors (Lipinski definition) is 7. The summed E-state index contributed by atoms with van der Waals surface area (Å²) in [5.74, 6) is 0.367. The summed E-state index contributed by atoms with van der Waals surface area (Å²) >= 11 is 1.62. The number of esters is 1. The van der Waals surface area contributed by atoms with E-state index in [1.165, 1.54) is 7.11 Å². The molecule has 7 nitrogen and oxygen atoms in total. The predicted molar refractivity (Wildman–Crippen MR) is 107 cm³/mol. The molecule has 1 aromatic carbocycles. The number of nitrogens with one attached hydrogen (secondary N) is 1. The first-order valence-corrected chi connectivity index (χ1v) is 9.34. The van der Waals surface area contributed by atoms with Crippen molar-refractivity contribution in [2.45, 2.75) is 6.92 Å². The summed E-state index contributed by atoms with van der Waals surface area (Å²) in [5, 5.41) is 3.25. The Balaban J connectivity index is 1.88. The van der Waals surface area contributed by atoms with Crippen molar-refractivity contribution in [3.05, 3.63) is 47.8 Å². The maximum atomic E-state index is 11.8. The number of rotatable bonds is 5. The Kier molecular flexibility index (Phi) is 4.51. The molecule has 0 aliphatic carbocycles. The summed E-state index contributed by atoms with van der Waals surface area (Å²) in [5.41, 5.74) is 9.77. The second kappa shape index (κ2) is 6.98. The number of hydrogen-bond donors (Lipinski definition) is 2. The van der Waals surface area contributed by atoms with Gasteiger partial charge in [0.15, 0.2) is 11.5 Å². The molecule has 3 heterocycles. The lowest BCUT2D eigenvalue weighted by Gasteiger charge is -2.07. The van der Waals surface area contributed by atoms with Crippen LogP contribution < -0.4 is 11.1 Å². The molecule has 8 heteroatoms. The number of carbonyl (C=O) groups excluding carboxylic acids is 1. The summed E-state index contributed by atoms with van der Waals surface area (Å²) < 4.78 is 6.92. The van der Waals surface area contributed by atoms with Crippen LogP contribution in [0, 0.1) is 6.92 Å². The zero-order chi connectivity index (χ0) is 19.0. The summed E-state index contributed by atoms with van der Waals surface area (Å²) in [7, 11) is 1.38. The van der Waals surface area contributed by atoms with E-state index in [9.17, 15) is 4.79 Å². The van der Waals surface area contributed by atoms with Crippen LogP contribution >= 0.6 is 11.3 Å². The standard InChI is InChI=1S/C19H19N5O2S/c1-11-10-22-17-16(21-7-6-20)23-14-9-15(27-18(14)24(11)17)12-4-3-5-13(8-12)19(25)26-2/h3-5,8-10H,6-7,20H2,1-2H3,(H,21,23). The van der Waals surface area contributed by atoms with Gasteiger partial charge in [0.25, 0.3) is 0 Å². The second-order valence-electron chi connectivity index (χ2n) is 6.11. The number of nitrogens with two attached hydrogens (primary N) is 1. The van der Waals surface area contributed by atoms with Crippen molar-refractivity contribution in [1.82, 2.24) is 14.4 Å². The molecule has 138 valence electrons. The van der Waals surface area contributed by atoms with Crippen LogP contribution in [0.25, 0.3) is 26.4 Å². The fourth-order valence-electron chi connectivity index (χ4n) is 3.01. The van der Waals surface area contributed by atoms with Crippen molar-refractivity contribution < 1.29 is 9.53 Å². The minimum Gasteiger partial charge on any atom is -0.465 e. The average molecular weight is 381 g/mol. The first-order chi connectivity index (χ1) is 13.1. The van der Waals surface area contributed by atoms with Crippen LogP contribution in [-0.2, 0) is 4.74 Å². The molecule has 4 aromatic rings. The molecular formula is C19H19N5O2S. The molecule has 0 saturated heterocycles. The van der Waals surface area contributed by atoms with Gasteiger partial charge < -0.3 is 15.8 Å². The molecular weight excluding hydrogens is 362 g/mol. The normalized spacial score (nSPS) is 11.2. The van der Waals surface area contributed by atoms with Crippen LogP contribution in [0.15, 0.2) is 36.5 Å². The Bertz CT molecular complexity index is 1150. The smallest absolute Gasteiger partial charge is 0.337 e. The minimum atomic E-state index is -0.350. The summed E-state index contributed by atoms with van der Waals surface area (Å²) in [6.45, 7) is 3.16. The average Bonchev–Trinajstić information content (AvgIpc) is 3.29. The van der Waals surface area contributed by atoms with E-state index in [2.05, 4.69) is 14.7 Å². The van der Waals surface area contributed by atoms with Gasteiger partial charge in [-0.2, -0.15) is 0 Å². The zero-order valence-corrected chi connectivity index (χ0v) is 15.8. The highest BCUT2D eigenvalue weighted by atomic mass is 32.1. The van der Waals surface area contributed by atoms with E-state index in [0.717, 1.165) is 32.1 Å². The third-order valence-electron chi connectivity index (χ3n) is 4.28. The molecule has 0 aliphatic rings. The number of anilines is 1. The van der Waals surface area contributed by atoms with E-state index < -0.39 is 0 Å². The number of aryl methyl sites for hydroxylation is 1. The van der Waals surface area contributed by atoms with Gasteiger partial charge in [-0.05, 0) is 30.7 Å². The molecule has 0 fully saturated rings. The number of thiophene rings is 1. The SMILES string of the molecule is COC(=O)c1cccc(-c2cc3nc(NCCN)c4ncc(C)n4c3s2)c1. The molecule has 0 aliphatic heterocycles. The Hall–Kier alpha value is -2.97. The van der Waals surface area contributed by atoms with Crippen LogP contribution in [0.1, 0.15) is 16.1 Å². The van der Waals surface area contributed by atoms with Crippen molar-refractivity contribution in [3.63, 3.8) is 0 Å². The maximum absolute atomic E-state index is 11.8. The van der Waals surface area contributed by atoms with Gasteiger partial charge in [-0.25, -0.2) is 14.8 Å². The van der Waals surface area contributed by atoms with E-state index >= 15 is 0 Å². The van der Waals surface area contributed by atoms with Crippen LogP contribution in [0.4, 0.5) is 5.82 Å². The first kappa shape index (κ1) is 17.4. The van der Waals surface area contributed by atoms with Gasteiger partial charge in [-0.1, -0.05) is 12.1 Å². The van der Waals surface area contributed by atoms with Crippen LogP contribution in [0.5, 0.6) is 0 Å². The van der Waals surface area contributed by atoms with Crippen molar-refractivity contribution in [2.24, 2.45) is 5.73 Å². The monoisotopic (exact) mass is 381 g/mol. The number of methoxy groups -OCH3 is 1. The molecule has 0 unspecified atom stereocenters.